The summed E-state index contributed by atoms with van der Waals surface area (Å²) in [6, 6.07) is 41.7. The highest BCUT2D eigenvalue weighted by Gasteiger charge is 2.48. The van der Waals surface area contributed by atoms with Crippen LogP contribution in [-0.4, -0.2) is 42.6 Å². The van der Waals surface area contributed by atoms with E-state index in [1.807, 2.05) is 78.9 Å². The number of hydrogen-bond donors (Lipinski definition) is 1. The van der Waals surface area contributed by atoms with Gasteiger partial charge in [0, 0.05) is 18.2 Å². The molecule has 0 saturated carbocycles. The fraction of sp³-hybridized carbons (Fsp3) is 0.209. The molecule has 0 aliphatic carbocycles. The van der Waals surface area contributed by atoms with Crippen LogP contribution in [0.15, 0.2) is 155 Å². The molecular weight excluding hydrogens is 814 g/mol. The third kappa shape index (κ3) is 9.73. The number of nitrogens with one attached hydrogen (secondary N) is 1. The lowest BCUT2D eigenvalue weighted by Crippen LogP contribution is -2.38. The van der Waals surface area contributed by atoms with Gasteiger partial charge in [0.25, 0.3) is 5.56 Å². The molecule has 13 nitrogen and oxygen atoms in total. The van der Waals surface area contributed by atoms with E-state index < -0.39 is 50.3 Å². The minimum atomic E-state index is -4.45. The summed E-state index contributed by atoms with van der Waals surface area (Å²) in [5.41, 5.74) is 0.252. The molecule has 1 aromatic heterocycles. The van der Waals surface area contributed by atoms with Gasteiger partial charge in [-0.15, -0.1) is 4.52 Å². The SMILES string of the molecule is COc1ccc(C(OC[C@H]2O[C@@H](n3cc(C)c(=O)[nH]c3=O)C[C@@H]2O[P+](=S)OP(=O)(Oc2ccccc2)Oc2ccccc2)(c2ccccc2)c2ccc(OC)cc2)cc1. The third-order valence-electron chi connectivity index (χ3n) is 9.58. The predicted octanol–water partition coefficient (Wildman–Crippen LogP) is 8.60. The Hall–Kier alpha value is -5.43. The maximum absolute atomic E-state index is 14.3. The van der Waals surface area contributed by atoms with Gasteiger partial charge in [0.05, 0.1) is 20.8 Å². The van der Waals surface area contributed by atoms with E-state index in [9.17, 15) is 14.2 Å². The lowest BCUT2D eigenvalue weighted by atomic mass is 9.80. The van der Waals surface area contributed by atoms with Gasteiger partial charge in [-0.05, 0) is 76.5 Å². The van der Waals surface area contributed by atoms with Crippen molar-refractivity contribution in [1.82, 2.24) is 9.55 Å². The highest BCUT2D eigenvalue weighted by molar-refractivity contribution is 8.02. The first-order valence-electron chi connectivity index (χ1n) is 18.5. The lowest BCUT2D eigenvalue weighted by molar-refractivity contribution is -0.0911. The smallest absolute Gasteiger partial charge is 0.497 e. The van der Waals surface area contributed by atoms with Crippen LogP contribution < -0.4 is 29.8 Å². The number of methoxy groups -OCH3 is 2. The fourth-order valence-electron chi connectivity index (χ4n) is 6.70. The van der Waals surface area contributed by atoms with Gasteiger partial charge >= 0.3 is 20.7 Å². The van der Waals surface area contributed by atoms with Crippen molar-refractivity contribution < 1.29 is 41.4 Å². The zero-order valence-electron chi connectivity index (χ0n) is 32.2. The summed E-state index contributed by atoms with van der Waals surface area (Å²) in [5.74, 6) is 1.77. The van der Waals surface area contributed by atoms with Gasteiger partial charge < -0.3 is 28.0 Å². The first-order valence-corrected chi connectivity index (χ1v) is 22.1. The van der Waals surface area contributed by atoms with Gasteiger partial charge in [-0.1, -0.05) is 91.0 Å². The number of para-hydroxylation sites is 2. The van der Waals surface area contributed by atoms with Crippen LogP contribution in [-0.2, 0) is 40.3 Å². The van der Waals surface area contributed by atoms with Crippen LogP contribution in [0.3, 0.4) is 0 Å². The molecule has 59 heavy (non-hydrogen) atoms. The zero-order valence-corrected chi connectivity index (χ0v) is 34.8. The molecule has 5 aromatic carbocycles. The highest BCUT2D eigenvalue weighted by Crippen LogP contribution is 2.57. The van der Waals surface area contributed by atoms with Gasteiger partial charge in [0.2, 0.25) is 11.8 Å². The lowest BCUT2D eigenvalue weighted by Gasteiger charge is -2.37. The Kier molecular flexibility index (Phi) is 13.2. The van der Waals surface area contributed by atoms with E-state index in [2.05, 4.69) is 4.98 Å². The number of H-pyrrole nitrogens is 1. The van der Waals surface area contributed by atoms with Crippen molar-refractivity contribution in [3.8, 4) is 23.0 Å². The van der Waals surface area contributed by atoms with Crippen LogP contribution in [0.2, 0.25) is 0 Å². The molecule has 0 amide bonds. The zero-order chi connectivity index (χ0) is 41.4. The summed E-state index contributed by atoms with van der Waals surface area (Å²) in [7, 11) is -3.68. The second kappa shape index (κ2) is 18.7. The quantitative estimate of drug-likeness (QED) is 0.0693. The van der Waals surface area contributed by atoms with Crippen LogP contribution in [0.4, 0.5) is 0 Å². The molecule has 6 aromatic rings. The molecule has 1 saturated heterocycles. The first kappa shape index (κ1) is 41.7. The Balaban J connectivity index is 1.24. The van der Waals surface area contributed by atoms with Gasteiger partial charge in [-0.3, -0.25) is 14.3 Å². The van der Waals surface area contributed by atoms with E-state index >= 15 is 0 Å². The van der Waals surface area contributed by atoms with E-state index in [1.54, 1.807) is 81.8 Å². The topological polar surface area (TPSA) is 146 Å². The Bertz CT molecular complexity index is 2410. The molecule has 7 rings (SSSR count). The minimum absolute atomic E-state index is 0.0744. The number of aromatic amines is 1. The summed E-state index contributed by atoms with van der Waals surface area (Å²) in [5, 5.41) is 0. The molecule has 0 spiro atoms. The molecule has 2 heterocycles. The molecule has 1 unspecified atom stereocenters. The number of benzene rings is 5. The standard InChI is InChI=1S/C43H40N2O11P2S/c1-30-28-45(42(47)44-41(30)46)40-27-38(53-57(59)56-58(48,54-36-15-9-5-10-16-36)55-37-17-11-6-12-18-37)39(52-40)29-51-43(31-13-7-4-8-14-31,32-19-23-34(49-2)24-20-32)33-21-25-35(50-3)26-22-33/h4-26,28,38-40H,27,29H2,1-3H3/p+1/t38-,39+,40+/m0/s1. The van der Waals surface area contributed by atoms with Crippen molar-refractivity contribution >= 4 is 26.8 Å². The molecule has 0 bridgehead atoms. The second-order valence-corrected chi connectivity index (χ2v) is 16.8. The number of ether oxygens (including phenoxy) is 4. The van der Waals surface area contributed by atoms with Crippen molar-refractivity contribution in [3.63, 3.8) is 0 Å². The summed E-state index contributed by atoms with van der Waals surface area (Å²) in [6.45, 7) is 1.48. The maximum atomic E-state index is 14.3. The Morgan fingerprint density at radius 1 is 0.746 bits per heavy atom. The number of nitrogens with zero attached hydrogens (tertiary/aromatic N) is 1. The van der Waals surface area contributed by atoms with Gasteiger partial charge in [-0.2, -0.15) is 0 Å². The Morgan fingerprint density at radius 2 is 1.24 bits per heavy atom. The third-order valence-corrected chi connectivity index (χ3v) is 13.1. The van der Waals surface area contributed by atoms with E-state index in [0.717, 1.165) is 16.7 Å². The average molecular weight is 856 g/mol. The second-order valence-electron chi connectivity index (χ2n) is 13.4. The number of phosphoric acid groups is 1. The minimum Gasteiger partial charge on any atom is -0.497 e. The Morgan fingerprint density at radius 3 is 1.75 bits per heavy atom. The molecule has 304 valence electrons. The number of hydrogen-bond acceptors (Lipinski definition) is 12. The summed E-state index contributed by atoms with van der Waals surface area (Å²) in [6.07, 6.45) is -1.19. The van der Waals surface area contributed by atoms with Crippen LogP contribution >= 0.6 is 15.0 Å². The van der Waals surface area contributed by atoms with Crippen LogP contribution in [0, 0.1) is 6.92 Å². The number of aromatic nitrogens is 2. The molecule has 16 heteroatoms. The highest BCUT2D eigenvalue weighted by atomic mass is 32.4. The van der Waals surface area contributed by atoms with Crippen LogP contribution in [0.1, 0.15) is 34.9 Å². The average Bonchev–Trinajstić information content (AvgIpc) is 3.65. The summed E-state index contributed by atoms with van der Waals surface area (Å²) < 4.78 is 64.1. The number of phosphoric ester groups is 1. The molecule has 1 fully saturated rings. The molecule has 1 aliphatic rings. The molecule has 1 N–H and O–H groups in total. The van der Waals surface area contributed by atoms with Crippen molar-refractivity contribution in [2.45, 2.75) is 37.4 Å². The summed E-state index contributed by atoms with van der Waals surface area (Å²) in [4.78, 5) is 27.8. The van der Waals surface area contributed by atoms with E-state index in [-0.39, 0.29) is 24.5 Å². The van der Waals surface area contributed by atoms with E-state index in [0.29, 0.717) is 17.1 Å². The van der Waals surface area contributed by atoms with Crippen molar-refractivity contribution in [2.75, 3.05) is 20.8 Å². The Labute approximate surface area is 346 Å². The van der Waals surface area contributed by atoms with Gasteiger partial charge in [0.1, 0.15) is 47.0 Å². The summed E-state index contributed by atoms with van der Waals surface area (Å²) >= 11 is 5.71. The normalized spacial score (nSPS) is 16.9. The van der Waals surface area contributed by atoms with Crippen molar-refractivity contribution in [1.29, 1.82) is 0 Å². The van der Waals surface area contributed by atoms with E-state index in [4.69, 9.17) is 48.6 Å². The predicted molar refractivity (Wildman–Crippen MR) is 225 cm³/mol. The van der Waals surface area contributed by atoms with Gasteiger partial charge in [0.15, 0.2) is 0 Å². The molecule has 0 radical (unpaired) electrons. The number of aryl methyl sites for hydroxylation is 1. The fourth-order valence-corrected chi connectivity index (χ4v) is 10.1. The van der Waals surface area contributed by atoms with Crippen LogP contribution in [0.5, 0.6) is 23.0 Å². The van der Waals surface area contributed by atoms with Crippen LogP contribution in [0.25, 0.3) is 0 Å². The first-order chi connectivity index (χ1) is 28.6. The largest absolute Gasteiger partial charge is 0.632 e. The van der Waals surface area contributed by atoms with Crippen molar-refractivity contribution in [3.05, 3.63) is 189 Å². The van der Waals surface area contributed by atoms with E-state index in [1.165, 1.54) is 10.8 Å². The molecule has 1 aliphatic heterocycles. The monoisotopic (exact) mass is 855 g/mol. The maximum Gasteiger partial charge on any atom is 0.632 e. The molecule has 4 atom stereocenters. The number of rotatable bonds is 17. The van der Waals surface area contributed by atoms with Gasteiger partial charge in [-0.25, -0.2) is 9.36 Å². The molecular formula is C43H41N2O11P2S+. The van der Waals surface area contributed by atoms with Crippen molar-refractivity contribution in [2.24, 2.45) is 0 Å².